The number of hydrogen-bond donors (Lipinski definition) is 1. The van der Waals surface area contributed by atoms with Crippen molar-refractivity contribution in [3.63, 3.8) is 0 Å². The van der Waals surface area contributed by atoms with Gasteiger partial charge in [0.25, 0.3) is 5.91 Å². The number of carbonyl (C=O) groups excluding carboxylic acids is 2. The lowest BCUT2D eigenvalue weighted by molar-refractivity contribution is 0.0692. The minimum Gasteiger partial charge on any atom is -0.442 e. The largest absolute Gasteiger partial charge is 0.442 e. The van der Waals surface area contributed by atoms with Crippen molar-refractivity contribution in [3.8, 4) is 0 Å². The highest BCUT2D eigenvalue weighted by molar-refractivity contribution is 5.96. The van der Waals surface area contributed by atoms with Gasteiger partial charge in [-0.15, -0.1) is 0 Å². The Morgan fingerprint density at radius 3 is 2.50 bits per heavy atom. The second-order valence-electron chi connectivity index (χ2n) is 6.27. The van der Waals surface area contributed by atoms with Gasteiger partial charge >= 0.3 is 6.09 Å². The van der Waals surface area contributed by atoms with Crippen molar-refractivity contribution in [1.29, 1.82) is 0 Å². The molecular weight excluding hydrogens is 334 g/mol. The number of nitrogens with zero attached hydrogens (tertiary/aromatic N) is 4. The lowest BCUT2D eigenvalue weighted by Crippen LogP contribution is -2.37. The standard InChI is InChI=1S/C18H21N5O3/c1-11-15(12(2)21-17(19)20-11)16(24)22(3)9-14-10-23(18(25)26-14)13-7-5-4-6-8-13/h4-8,14H,9-10H2,1-3H3,(H2,19,20,21). The molecule has 1 fully saturated rings. The quantitative estimate of drug-likeness (QED) is 0.897. The van der Waals surface area contributed by atoms with Gasteiger partial charge in [-0.1, -0.05) is 18.2 Å². The molecule has 0 spiro atoms. The number of likely N-dealkylation sites (N-methyl/N-ethyl adjacent to an activating group) is 1. The summed E-state index contributed by atoms with van der Waals surface area (Å²) in [6.07, 6.45) is -0.822. The predicted molar refractivity (Wildman–Crippen MR) is 96.9 cm³/mol. The maximum Gasteiger partial charge on any atom is 0.414 e. The molecule has 0 radical (unpaired) electrons. The molecule has 1 atom stereocenters. The lowest BCUT2D eigenvalue weighted by atomic mass is 10.1. The van der Waals surface area contributed by atoms with E-state index in [4.69, 9.17) is 10.5 Å². The van der Waals surface area contributed by atoms with Crippen LogP contribution in [0.4, 0.5) is 16.4 Å². The smallest absolute Gasteiger partial charge is 0.414 e. The number of ether oxygens (including phenoxy) is 1. The maximum absolute atomic E-state index is 12.8. The second-order valence-corrected chi connectivity index (χ2v) is 6.27. The van der Waals surface area contributed by atoms with Crippen LogP contribution in [0.25, 0.3) is 0 Å². The zero-order chi connectivity index (χ0) is 18.8. The molecule has 8 nitrogen and oxygen atoms in total. The van der Waals surface area contributed by atoms with Gasteiger partial charge in [0.15, 0.2) is 0 Å². The molecule has 2 amide bonds. The molecule has 0 bridgehead atoms. The van der Waals surface area contributed by atoms with E-state index in [1.807, 2.05) is 30.3 Å². The van der Waals surface area contributed by atoms with Crippen LogP contribution in [0, 0.1) is 13.8 Å². The fraction of sp³-hybridized carbons (Fsp3) is 0.333. The number of nitrogen functional groups attached to an aromatic ring is 1. The number of aryl methyl sites for hydroxylation is 2. The summed E-state index contributed by atoms with van der Waals surface area (Å²) in [5.41, 5.74) is 7.86. The van der Waals surface area contributed by atoms with Gasteiger partial charge in [0.05, 0.1) is 30.0 Å². The Bertz CT molecular complexity index is 817. The number of aromatic nitrogens is 2. The highest BCUT2D eigenvalue weighted by Gasteiger charge is 2.34. The van der Waals surface area contributed by atoms with Gasteiger partial charge in [0.2, 0.25) is 5.95 Å². The van der Waals surface area contributed by atoms with Crippen molar-refractivity contribution in [3.05, 3.63) is 47.3 Å². The van der Waals surface area contributed by atoms with Gasteiger partial charge in [-0.3, -0.25) is 9.69 Å². The summed E-state index contributed by atoms with van der Waals surface area (Å²) in [5, 5.41) is 0. The number of nitrogens with two attached hydrogens (primary N) is 1. The molecule has 0 saturated carbocycles. The highest BCUT2D eigenvalue weighted by atomic mass is 16.6. The Morgan fingerprint density at radius 2 is 1.88 bits per heavy atom. The molecule has 3 rings (SSSR count). The van der Waals surface area contributed by atoms with E-state index < -0.39 is 12.2 Å². The third-order valence-electron chi connectivity index (χ3n) is 4.27. The summed E-state index contributed by atoms with van der Waals surface area (Å²) < 4.78 is 5.41. The van der Waals surface area contributed by atoms with Crippen LogP contribution in [-0.4, -0.2) is 53.1 Å². The Kier molecular flexibility index (Phi) is 4.75. The Hall–Kier alpha value is -3.16. The minimum absolute atomic E-state index is 0.141. The fourth-order valence-electron chi connectivity index (χ4n) is 3.07. The van der Waals surface area contributed by atoms with Gasteiger partial charge in [0, 0.05) is 12.7 Å². The van der Waals surface area contributed by atoms with Crippen molar-refractivity contribution < 1.29 is 14.3 Å². The third-order valence-corrected chi connectivity index (χ3v) is 4.27. The molecule has 136 valence electrons. The molecule has 2 heterocycles. The Balaban J connectivity index is 1.70. The van der Waals surface area contributed by atoms with E-state index in [2.05, 4.69) is 9.97 Å². The fourth-order valence-corrected chi connectivity index (χ4v) is 3.07. The number of amides is 2. The average Bonchev–Trinajstić information content (AvgIpc) is 2.95. The Morgan fingerprint density at radius 1 is 1.27 bits per heavy atom. The van der Waals surface area contributed by atoms with Gasteiger partial charge in [-0.25, -0.2) is 14.8 Å². The number of rotatable bonds is 4. The molecule has 1 aliphatic rings. The van der Waals surface area contributed by atoms with E-state index >= 15 is 0 Å². The minimum atomic E-state index is -0.412. The first kappa shape index (κ1) is 17.7. The summed E-state index contributed by atoms with van der Waals surface area (Å²) >= 11 is 0. The van der Waals surface area contributed by atoms with E-state index in [9.17, 15) is 9.59 Å². The van der Waals surface area contributed by atoms with Crippen LogP contribution in [0.15, 0.2) is 30.3 Å². The summed E-state index contributed by atoms with van der Waals surface area (Å²) in [6, 6.07) is 9.29. The lowest BCUT2D eigenvalue weighted by Gasteiger charge is -2.21. The highest BCUT2D eigenvalue weighted by Crippen LogP contribution is 2.22. The summed E-state index contributed by atoms with van der Waals surface area (Å²) in [4.78, 5) is 36.1. The van der Waals surface area contributed by atoms with Gasteiger partial charge < -0.3 is 15.4 Å². The van der Waals surface area contributed by atoms with Crippen LogP contribution in [0.5, 0.6) is 0 Å². The molecule has 1 aromatic heterocycles. The van der Waals surface area contributed by atoms with Crippen molar-refractivity contribution in [2.45, 2.75) is 20.0 Å². The van der Waals surface area contributed by atoms with Crippen molar-refractivity contribution in [1.82, 2.24) is 14.9 Å². The SMILES string of the molecule is Cc1nc(N)nc(C)c1C(=O)N(C)CC1CN(c2ccccc2)C(=O)O1. The van der Waals surface area contributed by atoms with Crippen LogP contribution < -0.4 is 10.6 Å². The van der Waals surface area contributed by atoms with E-state index in [-0.39, 0.29) is 18.4 Å². The van der Waals surface area contributed by atoms with E-state index in [1.165, 1.54) is 4.90 Å². The monoisotopic (exact) mass is 355 g/mol. The zero-order valence-corrected chi connectivity index (χ0v) is 15.0. The topological polar surface area (TPSA) is 102 Å². The first-order chi connectivity index (χ1) is 12.4. The van der Waals surface area contributed by atoms with Gasteiger partial charge in [-0.2, -0.15) is 0 Å². The number of para-hydroxylation sites is 1. The molecule has 0 aliphatic carbocycles. The van der Waals surface area contributed by atoms with Crippen LogP contribution >= 0.6 is 0 Å². The molecule has 1 unspecified atom stereocenters. The Labute approximate surface area is 151 Å². The molecule has 2 N–H and O–H groups in total. The average molecular weight is 355 g/mol. The van der Waals surface area contributed by atoms with E-state index in [0.717, 1.165) is 5.69 Å². The molecule has 1 aromatic carbocycles. The van der Waals surface area contributed by atoms with Crippen LogP contribution in [0.1, 0.15) is 21.7 Å². The normalized spacial score (nSPS) is 16.5. The van der Waals surface area contributed by atoms with Crippen molar-refractivity contribution >= 4 is 23.6 Å². The van der Waals surface area contributed by atoms with Gasteiger partial charge in [0.1, 0.15) is 6.10 Å². The van der Waals surface area contributed by atoms with Crippen molar-refractivity contribution in [2.24, 2.45) is 0 Å². The molecule has 2 aromatic rings. The van der Waals surface area contributed by atoms with Crippen LogP contribution in [0.2, 0.25) is 0 Å². The molecular formula is C18H21N5O3. The molecule has 1 saturated heterocycles. The van der Waals surface area contributed by atoms with Crippen LogP contribution in [0.3, 0.4) is 0 Å². The number of cyclic esters (lactones) is 1. The number of anilines is 2. The third kappa shape index (κ3) is 3.44. The first-order valence-electron chi connectivity index (χ1n) is 8.26. The van der Waals surface area contributed by atoms with Crippen molar-refractivity contribution in [2.75, 3.05) is 30.8 Å². The molecule has 26 heavy (non-hydrogen) atoms. The summed E-state index contributed by atoms with van der Waals surface area (Å²) in [7, 11) is 1.66. The molecule has 1 aliphatic heterocycles. The van der Waals surface area contributed by atoms with Gasteiger partial charge in [-0.05, 0) is 26.0 Å². The number of carbonyl (C=O) groups is 2. The maximum atomic E-state index is 12.8. The van der Waals surface area contributed by atoms with Crippen LogP contribution in [-0.2, 0) is 4.74 Å². The van der Waals surface area contributed by atoms with E-state index in [1.54, 1.807) is 25.8 Å². The number of benzene rings is 1. The predicted octanol–water partition coefficient (Wildman–Crippen LogP) is 1.77. The zero-order valence-electron chi connectivity index (χ0n) is 15.0. The molecule has 8 heteroatoms. The number of hydrogen-bond acceptors (Lipinski definition) is 6. The van der Waals surface area contributed by atoms with E-state index in [0.29, 0.717) is 23.5 Å². The summed E-state index contributed by atoms with van der Waals surface area (Å²) in [5.74, 6) is -0.0864. The summed E-state index contributed by atoms with van der Waals surface area (Å²) in [6.45, 7) is 4.10. The first-order valence-corrected chi connectivity index (χ1v) is 8.26. The second kappa shape index (κ2) is 6.99.